The maximum Gasteiger partial charge on any atom is 0.251 e. The Bertz CT molecular complexity index is 723. The Morgan fingerprint density at radius 1 is 1.25 bits per heavy atom. The first-order chi connectivity index (χ1) is 9.00. The van der Waals surface area contributed by atoms with Gasteiger partial charge in [-0.25, -0.2) is 22.0 Å². The fourth-order valence-corrected chi connectivity index (χ4v) is 2.78. The highest BCUT2D eigenvalue weighted by molar-refractivity contribution is 7.90. The van der Waals surface area contributed by atoms with Crippen LogP contribution in [0.4, 0.5) is 0 Å². The van der Waals surface area contributed by atoms with Gasteiger partial charge in [-0.15, -0.1) is 0 Å². The number of primary sulfonamides is 1. The second-order valence-corrected chi connectivity index (χ2v) is 8.20. The average Bonchev–Trinajstić information content (AvgIpc) is 2.26. The molecule has 20 heavy (non-hydrogen) atoms. The number of nitrogens with one attached hydrogen (secondary N) is 1. The summed E-state index contributed by atoms with van der Waals surface area (Å²) in [7, 11) is -7.08. The SMILES string of the molecule is Cc1ccc(C(=O)NCCS(C)(=O)=O)cc1S(N)(=O)=O. The molecule has 9 heteroatoms. The van der Waals surface area contributed by atoms with Gasteiger partial charge in [0.25, 0.3) is 5.91 Å². The molecule has 0 bridgehead atoms. The average molecular weight is 320 g/mol. The van der Waals surface area contributed by atoms with Gasteiger partial charge in [0.15, 0.2) is 0 Å². The molecule has 0 aliphatic rings. The quantitative estimate of drug-likeness (QED) is 0.751. The van der Waals surface area contributed by atoms with E-state index in [1.54, 1.807) is 6.92 Å². The molecule has 3 N–H and O–H groups in total. The largest absolute Gasteiger partial charge is 0.351 e. The predicted octanol–water partition coefficient (Wildman–Crippen LogP) is -0.583. The van der Waals surface area contributed by atoms with Crippen molar-refractivity contribution in [2.24, 2.45) is 5.14 Å². The van der Waals surface area contributed by atoms with Crippen LogP contribution in [0.1, 0.15) is 15.9 Å². The van der Waals surface area contributed by atoms with Gasteiger partial charge in [-0.05, 0) is 24.6 Å². The monoisotopic (exact) mass is 320 g/mol. The van der Waals surface area contributed by atoms with Crippen molar-refractivity contribution >= 4 is 25.8 Å². The summed E-state index contributed by atoms with van der Waals surface area (Å²) in [6, 6.07) is 4.07. The minimum absolute atomic E-state index is 0.0454. The van der Waals surface area contributed by atoms with Crippen molar-refractivity contribution in [2.75, 3.05) is 18.6 Å². The van der Waals surface area contributed by atoms with E-state index in [1.807, 2.05) is 0 Å². The minimum Gasteiger partial charge on any atom is -0.351 e. The van der Waals surface area contributed by atoms with E-state index >= 15 is 0 Å². The third-order valence-electron chi connectivity index (χ3n) is 2.52. The summed E-state index contributed by atoms with van der Waals surface area (Å²) in [4.78, 5) is 11.6. The molecule has 112 valence electrons. The molecule has 1 amide bonds. The molecule has 1 rings (SSSR count). The number of hydrogen-bond donors (Lipinski definition) is 2. The van der Waals surface area contributed by atoms with Crippen LogP contribution < -0.4 is 10.5 Å². The molecule has 0 fully saturated rings. The first kappa shape index (κ1) is 16.6. The van der Waals surface area contributed by atoms with Crippen LogP contribution in [-0.2, 0) is 19.9 Å². The maximum absolute atomic E-state index is 11.8. The molecule has 0 unspecified atom stereocenters. The number of rotatable bonds is 5. The second-order valence-electron chi connectivity index (χ2n) is 4.41. The van der Waals surface area contributed by atoms with Crippen molar-refractivity contribution in [3.8, 4) is 0 Å². The summed E-state index contributed by atoms with van der Waals surface area (Å²) in [6.45, 7) is 1.52. The zero-order valence-corrected chi connectivity index (χ0v) is 12.7. The first-order valence-electron chi connectivity index (χ1n) is 5.60. The summed E-state index contributed by atoms with van der Waals surface area (Å²) in [5, 5.41) is 7.44. The second kappa shape index (κ2) is 5.90. The van der Waals surface area contributed by atoms with Crippen LogP contribution in [-0.4, -0.2) is 41.3 Å². The standard InChI is InChI=1S/C11H16N2O5S2/c1-8-3-4-9(7-10(8)20(12,17)18)11(14)13-5-6-19(2,15)16/h3-4,7H,5-6H2,1-2H3,(H,13,14)(H2,12,17,18). The molecule has 1 aromatic rings. The number of hydrogen-bond acceptors (Lipinski definition) is 5. The summed E-state index contributed by atoms with van der Waals surface area (Å²) < 4.78 is 44.5. The van der Waals surface area contributed by atoms with E-state index in [2.05, 4.69) is 5.32 Å². The van der Waals surface area contributed by atoms with Crippen molar-refractivity contribution in [3.05, 3.63) is 29.3 Å². The lowest BCUT2D eigenvalue weighted by Gasteiger charge is -2.08. The van der Waals surface area contributed by atoms with Gasteiger partial charge in [-0.1, -0.05) is 6.07 Å². The zero-order valence-electron chi connectivity index (χ0n) is 11.1. The zero-order chi connectivity index (χ0) is 15.6. The maximum atomic E-state index is 11.8. The van der Waals surface area contributed by atoms with E-state index in [0.29, 0.717) is 5.56 Å². The molecule has 0 heterocycles. The van der Waals surface area contributed by atoms with Crippen molar-refractivity contribution in [2.45, 2.75) is 11.8 Å². The Hall–Kier alpha value is -1.45. The fourth-order valence-electron chi connectivity index (χ4n) is 1.50. The number of aryl methyl sites for hydroxylation is 1. The van der Waals surface area contributed by atoms with Crippen LogP contribution in [0, 0.1) is 6.92 Å². The molecule has 0 saturated carbocycles. The Kier molecular flexibility index (Phi) is 4.90. The topological polar surface area (TPSA) is 123 Å². The van der Waals surface area contributed by atoms with Crippen LogP contribution in [0.3, 0.4) is 0 Å². The molecule has 0 saturated heterocycles. The number of amides is 1. The lowest BCUT2D eigenvalue weighted by Crippen LogP contribution is -2.29. The Labute approximate surface area is 118 Å². The smallest absolute Gasteiger partial charge is 0.251 e. The van der Waals surface area contributed by atoms with Gasteiger partial charge >= 0.3 is 0 Å². The molecule has 0 aliphatic carbocycles. The highest BCUT2D eigenvalue weighted by Gasteiger charge is 2.15. The van der Waals surface area contributed by atoms with Crippen LogP contribution in [0.25, 0.3) is 0 Å². The first-order valence-corrected chi connectivity index (χ1v) is 9.21. The van der Waals surface area contributed by atoms with E-state index in [1.165, 1.54) is 18.2 Å². The van der Waals surface area contributed by atoms with E-state index < -0.39 is 25.8 Å². The molecule has 0 atom stereocenters. The minimum atomic E-state index is -3.91. The van der Waals surface area contributed by atoms with Gasteiger partial charge < -0.3 is 5.32 Å². The lowest BCUT2D eigenvalue weighted by molar-refractivity contribution is 0.0956. The number of carbonyl (C=O) groups excluding carboxylic acids is 1. The summed E-state index contributed by atoms with van der Waals surface area (Å²) in [5.41, 5.74) is 0.535. The molecule has 0 spiro atoms. The Balaban J connectivity index is 2.90. The normalized spacial score (nSPS) is 12.2. The molecule has 0 aliphatic heterocycles. The molecule has 0 aromatic heterocycles. The molecular weight excluding hydrogens is 304 g/mol. The van der Waals surface area contributed by atoms with Gasteiger partial charge in [0.2, 0.25) is 10.0 Å². The van der Waals surface area contributed by atoms with Crippen LogP contribution in [0.5, 0.6) is 0 Å². The number of benzene rings is 1. The predicted molar refractivity (Wildman–Crippen MR) is 74.6 cm³/mol. The van der Waals surface area contributed by atoms with Crippen LogP contribution in [0.15, 0.2) is 23.1 Å². The van der Waals surface area contributed by atoms with Crippen LogP contribution in [0.2, 0.25) is 0 Å². The highest BCUT2D eigenvalue weighted by atomic mass is 32.2. The molecule has 7 nitrogen and oxygen atoms in total. The number of sulfone groups is 1. The van der Waals surface area contributed by atoms with E-state index in [0.717, 1.165) is 6.26 Å². The fraction of sp³-hybridized carbons (Fsp3) is 0.364. The van der Waals surface area contributed by atoms with Crippen molar-refractivity contribution in [3.63, 3.8) is 0 Å². The van der Waals surface area contributed by atoms with Gasteiger partial charge in [0.05, 0.1) is 10.6 Å². The van der Waals surface area contributed by atoms with Crippen molar-refractivity contribution < 1.29 is 21.6 Å². The Morgan fingerprint density at radius 2 is 1.85 bits per heavy atom. The van der Waals surface area contributed by atoms with Gasteiger partial charge in [-0.2, -0.15) is 0 Å². The van der Waals surface area contributed by atoms with Gasteiger partial charge in [0, 0.05) is 18.4 Å². The summed E-state index contributed by atoms with van der Waals surface area (Å²) in [6.07, 6.45) is 1.06. The van der Waals surface area contributed by atoms with E-state index in [9.17, 15) is 21.6 Å². The highest BCUT2D eigenvalue weighted by Crippen LogP contribution is 2.15. The number of sulfonamides is 1. The van der Waals surface area contributed by atoms with Gasteiger partial charge in [0.1, 0.15) is 9.84 Å². The third kappa shape index (κ3) is 4.91. The Morgan fingerprint density at radius 3 is 2.35 bits per heavy atom. The summed E-state index contributed by atoms with van der Waals surface area (Å²) in [5.74, 6) is -0.745. The third-order valence-corrected chi connectivity index (χ3v) is 4.51. The van der Waals surface area contributed by atoms with E-state index in [4.69, 9.17) is 5.14 Å². The van der Waals surface area contributed by atoms with E-state index in [-0.39, 0.29) is 22.8 Å². The summed E-state index contributed by atoms with van der Waals surface area (Å²) >= 11 is 0. The van der Waals surface area contributed by atoms with Crippen LogP contribution >= 0.6 is 0 Å². The number of nitrogens with two attached hydrogens (primary N) is 1. The van der Waals surface area contributed by atoms with Crippen molar-refractivity contribution in [1.82, 2.24) is 5.32 Å². The van der Waals surface area contributed by atoms with Gasteiger partial charge in [-0.3, -0.25) is 4.79 Å². The molecule has 1 aromatic carbocycles. The molecular formula is C11H16N2O5S2. The lowest BCUT2D eigenvalue weighted by atomic mass is 10.1. The van der Waals surface area contributed by atoms with Crippen molar-refractivity contribution in [1.29, 1.82) is 0 Å². The molecule has 0 radical (unpaired) electrons. The number of carbonyl (C=O) groups is 1.